The number of rotatable bonds is 5. The molecule has 1 N–H and O–H groups in total. The van der Waals surface area contributed by atoms with Gasteiger partial charge in [-0.2, -0.15) is 13.2 Å². The van der Waals surface area contributed by atoms with Gasteiger partial charge in [0.2, 0.25) is 5.91 Å². The molecule has 1 aliphatic heterocycles. The molecule has 206 valence electrons. The summed E-state index contributed by atoms with van der Waals surface area (Å²) in [6.07, 6.45) is -4.55. The molecule has 1 aromatic heterocycles. The van der Waals surface area contributed by atoms with E-state index in [-0.39, 0.29) is 11.6 Å². The van der Waals surface area contributed by atoms with Crippen LogP contribution in [0.3, 0.4) is 0 Å². The number of hydrogen-bond acceptors (Lipinski definition) is 2. The standard InChI is InChI=1S/C33H26F3N3O2/c1-20(31(40)37-23-14-10-13-22(19-23)33(34,35)36)39-30(24-15-6-7-16-25(24)32(39)41)28-26-17-8-9-18-27(26)38(2)29(28)21-11-4-3-5-12-21/h3-20,30H,1-2H3,(H,37,40). The van der Waals surface area contributed by atoms with E-state index in [1.54, 1.807) is 24.0 Å². The molecule has 2 unspecified atom stereocenters. The molecule has 2 atom stereocenters. The van der Waals surface area contributed by atoms with Gasteiger partial charge in [0.25, 0.3) is 5.91 Å². The second-order valence-corrected chi connectivity index (χ2v) is 10.2. The van der Waals surface area contributed by atoms with E-state index in [9.17, 15) is 22.8 Å². The number of fused-ring (bicyclic) bond motifs is 2. The molecule has 41 heavy (non-hydrogen) atoms. The highest BCUT2D eigenvalue weighted by atomic mass is 19.4. The molecular weight excluding hydrogens is 527 g/mol. The Labute approximate surface area is 234 Å². The smallest absolute Gasteiger partial charge is 0.343 e. The molecule has 5 aromatic rings. The number of anilines is 1. The van der Waals surface area contributed by atoms with Gasteiger partial charge in [-0.1, -0.05) is 72.8 Å². The Balaban J connectivity index is 1.49. The van der Waals surface area contributed by atoms with Crippen LogP contribution < -0.4 is 5.32 Å². The highest BCUT2D eigenvalue weighted by molar-refractivity contribution is 6.06. The number of nitrogens with one attached hydrogen (secondary N) is 1. The zero-order valence-corrected chi connectivity index (χ0v) is 22.3. The summed E-state index contributed by atoms with van der Waals surface area (Å²) in [5.74, 6) is -0.902. The van der Waals surface area contributed by atoms with Gasteiger partial charge in [-0.3, -0.25) is 9.59 Å². The van der Waals surface area contributed by atoms with Crippen LogP contribution in [0.1, 0.15) is 40.0 Å². The van der Waals surface area contributed by atoms with Crippen molar-refractivity contribution in [3.05, 3.63) is 125 Å². The predicted octanol–water partition coefficient (Wildman–Crippen LogP) is 7.44. The second kappa shape index (κ2) is 9.96. The topological polar surface area (TPSA) is 54.3 Å². The minimum Gasteiger partial charge on any atom is -0.343 e. The highest BCUT2D eigenvalue weighted by Crippen LogP contribution is 2.47. The van der Waals surface area contributed by atoms with Crippen molar-refractivity contribution >= 4 is 28.4 Å². The van der Waals surface area contributed by atoms with Crippen LogP contribution in [0.5, 0.6) is 0 Å². The van der Waals surface area contributed by atoms with E-state index in [0.717, 1.165) is 45.4 Å². The Hall–Kier alpha value is -4.85. The van der Waals surface area contributed by atoms with Gasteiger partial charge in [0, 0.05) is 34.8 Å². The van der Waals surface area contributed by atoms with Crippen LogP contribution in [0.15, 0.2) is 103 Å². The van der Waals surface area contributed by atoms with E-state index >= 15 is 0 Å². The maximum absolute atomic E-state index is 13.9. The Morgan fingerprint density at radius 1 is 0.878 bits per heavy atom. The Bertz CT molecular complexity index is 1790. The largest absolute Gasteiger partial charge is 0.416 e. The third-order valence-electron chi connectivity index (χ3n) is 7.72. The fraction of sp³-hybridized carbons (Fsp3) is 0.152. The zero-order chi connectivity index (χ0) is 28.9. The molecule has 1 aliphatic rings. The first-order valence-corrected chi connectivity index (χ1v) is 13.2. The number of benzene rings is 4. The van der Waals surface area contributed by atoms with Crippen LogP contribution in [0.4, 0.5) is 18.9 Å². The number of nitrogens with zero attached hydrogens (tertiary/aromatic N) is 2. The number of carbonyl (C=O) groups is 2. The lowest BCUT2D eigenvalue weighted by molar-refractivity contribution is -0.137. The maximum Gasteiger partial charge on any atom is 0.416 e. The van der Waals surface area contributed by atoms with Crippen molar-refractivity contribution in [3.63, 3.8) is 0 Å². The zero-order valence-electron chi connectivity index (χ0n) is 22.3. The van der Waals surface area contributed by atoms with Crippen LogP contribution in [-0.2, 0) is 18.0 Å². The van der Waals surface area contributed by atoms with Crippen molar-refractivity contribution in [2.75, 3.05) is 5.32 Å². The summed E-state index contributed by atoms with van der Waals surface area (Å²) in [4.78, 5) is 29.1. The summed E-state index contributed by atoms with van der Waals surface area (Å²) < 4.78 is 42.0. The average Bonchev–Trinajstić information content (AvgIpc) is 3.43. The van der Waals surface area contributed by atoms with Gasteiger partial charge in [0.15, 0.2) is 0 Å². The van der Waals surface area contributed by atoms with Gasteiger partial charge < -0.3 is 14.8 Å². The minimum absolute atomic E-state index is 0.00696. The van der Waals surface area contributed by atoms with Gasteiger partial charge in [-0.15, -0.1) is 0 Å². The van der Waals surface area contributed by atoms with Gasteiger partial charge in [0.1, 0.15) is 6.04 Å². The molecular formula is C33H26F3N3O2. The third-order valence-corrected chi connectivity index (χ3v) is 7.72. The van der Waals surface area contributed by atoms with Crippen molar-refractivity contribution in [2.24, 2.45) is 7.05 Å². The first-order valence-electron chi connectivity index (χ1n) is 13.2. The van der Waals surface area contributed by atoms with E-state index in [4.69, 9.17) is 0 Å². The van der Waals surface area contributed by atoms with Crippen LogP contribution in [0.25, 0.3) is 22.2 Å². The van der Waals surface area contributed by atoms with Crippen molar-refractivity contribution in [3.8, 4) is 11.3 Å². The highest BCUT2D eigenvalue weighted by Gasteiger charge is 2.44. The Morgan fingerprint density at radius 2 is 1.56 bits per heavy atom. The van der Waals surface area contributed by atoms with Gasteiger partial charge >= 0.3 is 6.18 Å². The van der Waals surface area contributed by atoms with Crippen molar-refractivity contribution in [1.82, 2.24) is 9.47 Å². The Kier molecular flexibility index (Phi) is 6.41. The number of alkyl halides is 3. The normalized spacial score (nSPS) is 15.7. The predicted molar refractivity (Wildman–Crippen MR) is 152 cm³/mol. The number of aromatic nitrogens is 1. The monoisotopic (exact) mass is 553 g/mol. The SMILES string of the molecule is CC(C(=O)Nc1cccc(C(F)(F)F)c1)N1C(=O)c2ccccc2C1c1c(-c2ccccc2)n(C)c2ccccc12. The molecule has 0 saturated carbocycles. The fourth-order valence-electron chi connectivity index (χ4n) is 5.82. The van der Waals surface area contributed by atoms with E-state index in [1.807, 2.05) is 73.8 Å². The third kappa shape index (κ3) is 4.45. The van der Waals surface area contributed by atoms with Gasteiger partial charge in [-0.05, 0) is 48.4 Å². The molecule has 2 amide bonds. The number of halogens is 3. The van der Waals surface area contributed by atoms with Gasteiger partial charge in [-0.25, -0.2) is 0 Å². The lowest BCUT2D eigenvalue weighted by atomic mass is 9.92. The lowest BCUT2D eigenvalue weighted by Crippen LogP contribution is -2.44. The quantitative estimate of drug-likeness (QED) is 0.246. The summed E-state index contributed by atoms with van der Waals surface area (Å²) >= 11 is 0. The molecule has 4 aromatic carbocycles. The summed E-state index contributed by atoms with van der Waals surface area (Å²) in [6.45, 7) is 1.60. The molecule has 0 radical (unpaired) electrons. The lowest BCUT2D eigenvalue weighted by Gasteiger charge is -2.31. The molecule has 0 saturated heterocycles. The molecule has 0 aliphatic carbocycles. The minimum atomic E-state index is -4.55. The summed E-state index contributed by atoms with van der Waals surface area (Å²) in [7, 11) is 1.98. The summed E-state index contributed by atoms with van der Waals surface area (Å²) in [6, 6.07) is 27.9. The number of aryl methyl sites for hydroxylation is 1. The van der Waals surface area contributed by atoms with E-state index < -0.39 is 29.7 Å². The maximum atomic E-state index is 13.9. The second-order valence-electron chi connectivity index (χ2n) is 10.2. The number of para-hydroxylation sites is 1. The van der Waals surface area contributed by atoms with Crippen LogP contribution in [-0.4, -0.2) is 27.3 Å². The number of carbonyl (C=O) groups excluding carboxylic acids is 2. The molecule has 5 nitrogen and oxygen atoms in total. The van der Waals surface area contributed by atoms with Crippen LogP contribution in [0, 0.1) is 0 Å². The van der Waals surface area contributed by atoms with Crippen molar-refractivity contribution < 1.29 is 22.8 Å². The molecule has 6 rings (SSSR count). The molecule has 8 heteroatoms. The van der Waals surface area contributed by atoms with Crippen LogP contribution in [0.2, 0.25) is 0 Å². The summed E-state index contributed by atoms with van der Waals surface area (Å²) in [5.41, 5.74) is 4.12. The fourth-order valence-corrected chi connectivity index (χ4v) is 5.82. The Morgan fingerprint density at radius 3 is 2.32 bits per heavy atom. The van der Waals surface area contributed by atoms with E-state index in [2.05, 4.69) is 9.88 Å². The van der Waals surface area contributed by atoms with E-state index in [1.165, 1.54) is 12.1 Å². The van der Waals surface area contributed by atoms with Crippen LogP contribution >= 0.6 is 0 Å². The first-order chi connectivity index (χ1) is 19.7. The van der Waals surface area contributed by atoms with E-state index in [0.29, 0.717) is 5.56 Å². The van der Waals surface area contributed by atoms with Crippen molar-refractivity contribution in [1.29, 1.82) is 0 Å². The number of amides is 2. The molecule has 0 bridgehead atoms. The molecule has 0 spiro atoms. The molecule has 2 heterocycles. The summed E-state index contributed by atoms with van der Waals surface area (Å²) in [5, 5.41) is 3.54. The average molecular weight is 554 g/mol. The van der Waals surface area contributed by atoms with Gasteiger partial charge in [0.05, 0.1) is 17.3 Å². The first kappa shape index (κ1) is 26.4. The number of hydrogen-bond donors (Lipinski definition) is 1. The molecule has 0 fully saturated rings. The van der Waals surface area contributed by atoms with Crippen molar-refractivity contribution in [2.45, 2.75) is 25.2 Å².